The Bertz CT molecular complexity index is 706. The average molecular weight is 375 g/mol. The van der Waals surface area contributed by atoms with Gasteiger partial charge in [-0.1, -0.05) is 34.1 Å². The van der Waals surface area contributed by atoms with Crippen LogP contribution in [0.1, 0.15) is 21.5 Å². The molecule has 0 aromatic heterocycles. The van der Waals surface area contributed by atoms with E-state index in [0.717, 1.165) is 21.3 Å². The third kappa shape index (κ3) is 4.42. The topological polar surface area (TPSA) is 49.4 Å². The molecule has 0 heterocycles. The number of carbonyl (C=O) groups excluding carboxylic acids is 2. The number of rotatable bonds is 4. The monoisotopic (exact) mass is 374 g/mol. The molecule has 0 fully saturated rings. The first-order valence-electron chi connectivity index (χ1n) is 7.25. The van der Waals surface area contributed by atoms with E-state index in [9.17, 15) is 9.59 Å². The lowest BCUT2D eigenvalue weighted by atomic mass is 10.1. The van der Waals surface area contributed by atoms with Crippen molar-refractivity contribution in [1.29, 1.82) is 0 Å². The van der Waals surface area contributed by atoms with Crippen LogP contribution in [-0.4, -0.2) is 30.3 Å². The van der Waals surface area contributed by atoms with Crippen molar-refractivity contribution in [3.05, 3.63) is 63.6 Å². The van der Waals surface area contributed by atoms with Crippen LogP contribution in [0.4, 0.5) is 5.69 Å². The quantitative estimate of drug-likeness (QED) is 0.884. The standard InChI is InChI=1S/C18H19BrN2O2/c1-12-5-4-6-13(2)17(12)20-16(22)11-21(3)18(23)14-7-9-15(19)10-8-14/h4-10H,11H2,1-3H3,(H,20,22). The minimum atomic E-state index is -0.213. The Kier molecular flexibility index (Phi) is 5.55. The molecule has 120 valence electrons. The van der Waals surface area contributed by atoms with Crippen LogP contribution < -0.4 is 5.32 Å². The van der Waals surface area contributed by atoms with Gasteiger partial charge in [-0.2, -0.15) is 0 Å². The Morgan fingerprint density at radius 2 is 1.61 bits per heavy atom. The highest BCUT2D eigenvalue weighted by Gasteiger charge is 2.16. The minimum Gasteiger partial charge on any atom is -0.332 e. The van der Waals surface area contributed by atoms with E-state index < -0.39 is 0 Å². The molecule has 5 heteroatoms. The maximum atomic E-state index is 12.3. The van der Waals surface area contributed by atoms with E-state index in [2.05, 4.69) is 21.2 Å². The van der Waals surface area contributed by atoms with Crippen LogP contribution >= 0.6 is 15.9 Å². The van der Waals surface area contributed by atoms with Crippen molar-refractivity contribution in [2.75, 3.05) is 18.9 Å². The molecule has 0 unspecified atom stereocenters. The van der Waals surface area contributed by atoms with E-state index in [0.29, 0.717) is 5.56 Å². The first kappa shape index (κ1) is 17.2. The van der Waals surface area contributed by atoms with Crippen LogP contribution in [-0.2, 0) is 4.79 Å². The smallest absolute Gasteiger partial charge is 0.254 e. The van der Waals surface area contributed by atoms with E-state index in [1.54, 1.807) is 31.3 Å². The molecule has 2 amide bonds. The lowest BCUT2D eigenvalue weighted by Crippen LogP contribution is -2.35. The fraction of sp³-hybridized carbons (Fsp3) is 0.222. The third-order valence-electron chi connectivity index (χ3n) is 3.56. The molecule has 0 bridgehead atoms. The number of nitrogens with zero attached hydrogens (tertiary/aromatic N) is 1. The van der Waals surface area contributed by atoms with Crippen LogP contribution in [0.2, 0.25) is 0 Å². The van der Waals surface area contributed by atoms with Gasteiger partial charge in [0, 0.05) is 22.8 Å². The van der Waals surface area contributed by atoms with Crippen LogP contribution in [0.15, 0.2) is 46.9 Å². The SMILES string of the molecule is Cc1cccc(C)c1NC(=O)CN(C)C(=O)c1ccc(Br)cc1. The van der Waals surface area contributed by atoms with Crippen molar-refractivity contribution in [3.8, 4) is 0 Å². The maximum Gasteiger partial charge on any atom is 0.254 e. The fourth-order valence-electron chi connectivity index (χ4n) is 2.29. The normalized spacial score (nSPS) is 10.3. The van der Waals surface area contributed by atoms with Gasteiger partial charge in [0.25, 0.3) is 5.91 Å². The lowest BCUT2D eigenvalue weighted by molar-refractivity contribution is -0.116. The summed E-state index contributed by atoms with van der Waals surface area (Å²) in [6, 6.07) is 12.9. The summed E-state index contributed by atoms with van der Waals surface area (Å²) >= 11 is 3.33. The molecule has 2 aromatic carbocycles. The summed E-state index contributed by atoms with van der Waals surface area (Å²) in [7, 11) is 1.62. The second-order valence-corrected chi connectivity index (χ2v) is 6.40. The predicted octanol–water partition coefficient (Wildman–Crippen LogP) is 3.78. The van der Waals surface area contributed by atoms with Gasteiger partial charge in [-0.25, -0.2) is 0 Å². The molecular weight excluding hydrogens is 356 g/mol. The van der Waals surface area contributed by atoms with Crippen LogP contribution in [0.5, 0.6) is 0 Å². The Balaban J connectivity index is 2.02. The second kappa shape index (κ2) is 7.42. The summed E-state index contributed by atoms with van der Waals surface area (Å²) in [6.45, 7) is 3.89. The number of likely N-dealkylation sites (N-methyl/N-ethyl adjacent to an activating group) is 1. The Labute approximate surface area is 144 Å². The van der Waals surface area contributed by atoms with E-state index in [4.69, 9.17) is 0 Å². The number of carbonyl (C=O) groups is 2. The molecule has 0 radical (unpaired) electrons. The number of aryl methyl sites for hydroxylation is 2. The highest BCUT2D eigenvalue weighted by Crippen LogP contribution is 2.19. The van der Waals surface area contributed by atoms with E-state index >= 15 is 0 Å². The lowest BCUT2D eigenvalue weighted by Gasteiger charge is -2.18. The number of hydrogen-bond acceptors (Lipinski definition) is 2. The zero-order valence-corrected chi connectivity index (χ0v) is 15.0. The molecule has 2 aromatic rings. The van der Waals surface area contributed by atoms with Gasteiger partial charge in [0.2, 0.25) is 5.91 Å². The Morgan fingerprint density at radius 3 is 2.17 bits per heavy atom. The third-order valence-corrected chi connectivity index (χ3v) is 4.09. The van der Waals surface area contributed by atoms with Crippen molar-refractivity contribution in [3.63, 3.8) is 0 Å². The molecule has 0 atom stereocenters. The summed E-state index contributed by atoms with van der Waals surface area (Å²) in [5.41, 5.74) is 3.36. The number of anilines is 1. The molecule has 23 heavy (non-hydrogen) atoms. The molecule has 0 spiro atoms. The number of benzene rings is 2. The van der Waals surface area contributed by atoms with Crippen LogP contribution in [0.25, 0.3) is 0 Å². The molecule has 0 saturated carbocycles. The summed E-state index contributed by atoms with van der Waals surface area (Å²) in [4.78, 5) is 25.9. The highest BCUT2D eigenvalue weighted by molar-refractivity contribution is 9.10. The maximum absolute atomic E-state index is 12.3. The van der Waals surface area contributed by atoms with Gasteiger partial charge in [-0.15, -0.1) is 0 Å². The second-order valence-electron chi connectivity index (χ2n) is 5.48. The first-order chi connectivity index (χ1) is 10.9. The van der Waals surface area contributed by atoms with Gasteiger partial charge in [0.15, 0.2) is 0 Å². The van der Waals surface area contributed by atoms with Crippen molar-refractivity contribution >= 4 is 33.4 Å². The highest BCUT2D eigenvalue weighted by atomic mass is 79.9. The summed E-state index contributed by atoms with van der Waals surface area (Å²) in [5, 5.41) is 2.88. The Morgan fingerprint density at radius 1 is 1.04 bits per heavy atom. The molecule has 0 saturated heterocycles. The number of nitrogens with one attached hydrogen (secondary N) is 1. The predicted molar refractivity (Wildman–Crippen MR) is 95.6 cm³/mol. The first-order valence-corrected chi connectivity index (χ1v) is 8.05. The summed E-state index contributed by atoms with van der Waals surface area (Å²) in [6.07, 6.45) is 0. The van der Waals surface area contributed by atoms with Gasteiger partial charge in [-0.3, -0.25) is 9.59 Å². The molecule has 0 aliphatic carbocycles. The number of hydrogen-bond donors (Lipinski definition) is 1. The van der Waals surface area contributed by atoms with Gasteiger partial charge in [0.1, 0.15) is 0 Å². The van der Waals surface area contributed by atoms with Gasteiger partial charge in [-0.05, 0) is 49.2 Å². The van der Waals surface area contributed by atoms with E-state index in [-0.39, 0.29) is 18.4 Å². The molecular formula is C18H19BrN2O2. The number of halogens is 1. The van der Waals surface area contributed by atoms with Gasteiger partial charge >= 0.3 is 0 Å². The van der Waals surface area contributed by atoms with E-state index in [1.165, 1.54) is 4.90 Å². The summed E-state index contributed by atoms with van der Waals surface area (Å²) < 4.78 is 0.907. The Hall–Kier alpha value is -2.14. The summed E-state index contributed by atoms with van der Waals surface area (Å²) in [5.74, 6) is -0.399. The molecule has 0 aliphatic heterocycles. The van der Waals surface area contributed by atoms with Crippen LogP contribution in [0, 0.1) is 13.8 Å². The van der Waals surface area contributed by atoms with Crippen LogP contribution in [0.3, 0.4) is 0 Å². The van der Waals surface area contributed by atoms with Gasteiger partial charge < -0.3 is 10.2 Å². The van der Waals surface area contributed by atoms with Crippen molar-refractivity contribution in [2.45, 2.75) is 13.8 Å². The number of para-hydroxylation sites is 1. The van der Waals surface area contributed by atoms with Crippen molar-refractivity contribution in [1.82, 2.24) is 4.90 Å². The number of amides is 2. The minimum absolute atomic E-state index is 0.00265. The molecule has 4 nitrogen and oxygen atoms in total. The molecule has 1 N–H and O–H groups in total. The zero-order chi connectivity index (χ0) is 17.0. The largest absolute Gasteiger partial charge is 0.332 e. The van der Waals surface area contributed by atoms with Gasteiger partial charge in [0.05, 0.1) is 6.54 Å². The van der Waals surface area contributed by atoms with Crippen molar-refractivity contribution in [2.24, 2.45) is 0 Å². The molecule has 2 rings (SSSR count). The average Bonchev–Trinajstić information content (AvgIpc) is 2.51. The fourth-order valence-corrected chi connectivity index (χ4v) is 2.55. The van der Waals surface area contributed by atoms with Crippen molar-refractivity contribution < 1.29 is 9.59 Å². The zero-order valence-electron chi connectivity index (χ0n) is 13.4. The molecule has 0 aliphatic rings. The van der Waals surface area contributed by atoms with E-state index in [1.807, 2.05) is 32.0 Å².